The maximum absolute atomic E-state index is 4.15. The van der Waals surface area contributed by atoms with Crippen molar-refractivity contribution in [2.45, 2.75) is 25.4 Å². The van der Waals surface area contributed by atoms with E-state index in [2.05, 4.69) is 50.3 Å². The summed E-state index contributed by atoms with van der Waals surface area (Å²) in [6, 6.07) is 4.84. The summed E-state index contributed by atoms with van der Waals surface area (Å²) < 4.78 is 0.923. The molecule has 16 heavy (non-hydrogen) atoms. The topological polar surface area (TPSA) is 28.2 Å². The normalized spacial score (nSPS) is 22.2. The first-order valence-corrected chi connectivity index (χ1v) is 6.57. The molecule has 1 atom stereocenters. The Bertz CT molecular complexity index is 343. The molecule has 1 aromatic heterocycles. The second-order valence-corrected chi connectivity index (χ2v) is 5.16. The molecule has 1 fully saturated rings. The molecule has 4 heteroatoms. The van der Waals surface area contributed by atoms with Crippen LogP contribution in [0.1, 0.15) is 18.4 Å². The van der Waals surface area contributed by atoms with Crippen molar-refractivity contribution >= 4 is 15.9 Å². The van der Waals surface area contributed by atoms with Crippen molar-refractivity contribution in [2.75, 3.05) is 20.1 Å². The third-order valence-corrected chi connectivity index (χ3v) is 3.54. The van der Waals surface area contributed by atoms with Gasteiger partial charge in [0.05, 0.1) is 0 Å². The van der Waals surface area contributed by atoms with Gasteiger partial charge in [-0.1, -0.05) is 0 Å². The van der Waals surface area contributed by atoms with Crippen molar-refractivity contribution in [1.82, 2.24) is 15.2 Å². The van der Waals surface area contributed by atoms with E-state index in [1.165, 1.54) is 24.9 Å². The van der Waals surface area contributed by atoms with Crippen LogP contribution in [0.15, 0.2) is 22.9 Å². The summed E-state index contributed by atoms with van der Waals surface area (Å²) in [5.41, 5.74) is 1.33. The van der Waals surface area contributed by atoms with Crippen molar-refractivity contribution in [3.8, 4) is 0 Å². The second kappa shape index (κ2) is 5.75. The standard InChI is InChI=1S/C12H18BrN3/c1-14-11-3-2-6-16(9-11)8-10-4-5-15-12(13)7-10/h4-5,7,11,14H,2-3,6,8-9H2,1H3/t11-/m1/s1. The zero-order valence-corrected chi connectivity index (χ0v) is 11.2. The van der Waals surface area contributed by atoms with Crippen molar-refractivity contribution in [2.24, 2.45) is 0 Å². The Morgan fingerprint density at radius 3 is 3.25 bits per heavy atom. The summed E-state index contributed by atoms with van der Waals surface area (Å²) in [6.45, 7) is 3.38. The summed E-state index contributed by atoms with van der Waals surface area (Å²) >= 11 is 3.41. The highest BCUT2D eigenvalue weighted by Crippen LogP contribution is 2.15. The minimum atomic E-state index is 0.652. The molecule has 0 bridgehead atoms. The van der Waals surface area contributed by atoms with E-state index in [-0.39, 0.29) is 0 Å². The van der Waals surface area contributed by atoms with Gasteiger partial charge < -0.3 is 5.32 Å². The van der Waals surface area contributed by atoms with E-state index >= 15 is 0 Å². The van der Waals surface area contributed by atoms with Crippen LogP contribution in [-0.4, -0.2) is 36.1 Å². The van der Waals surface area contributed by atoms with Gasteiger partial charge in [0.15, 0.2) is 0 Å². The van der Waals surface area contributed by atoms with Crippen LogP contribution in [-0.2, 0) is 6.54 Å². The summed E-state index contributed by atoms with van der Waals surface area (Å²) in [7, 11) is 2.05. The predicted octanol–water partition coefficient (Wildman–Crippen LogP) is 2.03. The second-order valence-electron chi connectivity index (χ2n) is 4.35. The van der Waals surface area contributed by atoms with E-state index < -0.39 is 0 Å². The molecule has 1 N–H and O–H groups in total. The Hall–Kier alpha value is -0.450. The molecular formula is C12H18BrN3. The fourth-order valence-electron chi connectivity index (χ4n) is 2.23. The van der Waals surface area contributed by atoms with Gasteiger partial charge in [-0.3, -0.25) is 4.90 Å². The maximum atomic E-state index is 4.15. The molecule has 1 saturated heterocycles. The first-order chi connectivity index (χ1) is 7.78. The Kier molecular flexibility index (Phi) is 4.32. The van der Waals surface area contributed by atoms with Crippen LogP contribution in [0.2, 0.25) is 0 Å². The molecule has 0 unspecified atom stereocenters. The predicted molar refractivity (Wildman–Crippen MR) is 69.3 cm³/mol. The fourth-order valence-corrected chi connectivity index (χ4v) is 2.65. The molecule has 2 heterocycles. The largest absolute Gasteiger partial charge is 0.316 e. The van der Waals surface area contributed by atoms with Crippen molar-refractivity contribution in [3.05, 3.63) is 28.5 Å². The molecule has 0 aliphatic carbocycles. The van der Waals surface area contributed by atoms with Crippen LogP contribution in [0.5, 0.6) is 0 Å². The lowest BCUT2D eigenvalue weighted by molar-refractivity contribution is 0.188. The van der Waals surface area contributed by atoms with Gasteiger partial charge in [0.25, 0.3) is 0 Å². The number of halogens is 1. The van der Waals surface area contributed by atoms with Crippen LogP contribution in [0.4, 0.5) is 0 Å². The molecule has 2 rings (SSSR count). The van der Waals surface area contributed by atoms with E-state index in [1.807, 2.05) is 6.20 Å². The van der Waals surface area contributed by atoms with Crippen molar-refractivity contribution in [1.29, 1.82) is 0 Å². The van der Waals surface area contributed by atoms with Gasteiger partial charge in [0.1, 0.15) is 4.60 Å². The average molecular weight is 284 g/mol. The van der Waals surface area contributed by atoms with E-state index in [4.69, 9.17) is 0 Å². The number of hydrogen-bond donors (Lipinski definition) is 1. The third kappa shape index (κ3) is 3.27. The molecule has 0 amide bonds. The molecule has 0 saturated carbocycles. The highest BCUT2D eigenvalue weighted by molar-refractivity contribution is 9.10. The minimum absolute atomic E-state index is 0.652. The van der Waals surface area contributed by atoms with Gasteiger partial charge in [0.2, 0.25) is 0 Å². The van der Waals surface area contributed by atoms with Crippen molar-refractivity contribution in [3.63, 3.8) is 0 Å². The molecule has 0 aromatic carbocycles. The lowest BCUT2D eigenvalue weighted by atomic mass is 10.1. The molecule has 3 nitrogen and oxygen atoms in total. The summed E-state index contributed by atoms with van der Waals surface area (Å²) in [6.07, 6.45) is 4.45. The first kappa shape index (κ1) is 12.0. The fraction of sp³-hybridized carbons (Fsp3) is 0.583. The number of likely N-dealkylation sites (N-methyl/N-ethyl adjacent to an activating group) is 1. The number of pyridine rings is 1. The number of hydrogen-bond acceptors (Lipinski definition) is 3. The van der Waals surface area contributed by atoms with Crippen LogP contribution in [0.25, 0.3) is 0 Å². The third-order valence-electron chi connectivity index (χ3n) is 3.11. The Labute approximate surface area is 105 Å². The van der Waals surface area contributed by atoms with E-state index in [0.29, 0.717) is 6.04 Å². The number of aromatic nitrogens is 1. The molecule has 1 aliphatic heterocycles. The zero-order chi connectivity index (χ0) is 11.4. The number of nitrogens with one attached hydrogen (secondary N) is 1. The average Bonchev–Trinajstić information content (AvgIpc) is 2.29. The minimum Gasteiger partial charge on any atom is -0.316 e. The Balaban J connectivity index is 1.94. The molecule has 88 valence electrons. The lowest BCUT2D eigenvalue weighted by Crippen LogP contribution is -2.43. The quantitative estimate of drug-likeness (QED) is 0.861. The number of nitrogens with zero attached hydrogens (tertiary/aromatic N) is 2. The van der Waals surface area contributed by atoms with Gasteiger partial charge in [-0.2, -0.15) is 0 Å². The summed E-state index contributed by atoms with van der Waals surface area (Å²) in [4.78, 5) is 6.66. The summed E-state index contributed by atoms with van der Waals surface area (Å²) in [5, 5.41) is 3.37. The number of piperidine rings is 1. The van der Waals surface area contributed by atoms with E-state index in [1.54, 1.807) is 0 Å². The maximum Gasteiger partial charge on any atom is 0.106 e. The number of rotatable bonds is 3. The zero-order valence-electron chi connectivity index (χ0n) is 9.62. The molecule has 1 aliphatic rings. The molecular weight excluding hydrogens is 266 g/mol. The van der Waals surface area contributed by atoms with E-state index in [0.717, 1.165) is 17.7 Å². The number of likely N-dealkylation sites (tertiary alicyclic amines) is 1. The highest BCUT2D eigenvalue weighted by Gasteiger charge is 2.18. The first-order valence-electron chi connectivity index (χ1n) is 5.78. The van der Waals surface area contributed by atoms with Crippen molar-refractivity contribution < 1.29 is 0 Å². The van der Waals surface area contributed by atoms with Crippen LogP contribution in [0, 0.1) is 0 Å². The highest BCUT2D eigenvalue weighted by atomic mass is 79.9. The molecule has 0 spiro atoms. The van der Waals surface area contributed by atoms with Gasteiger partial charge in [0, 0.05) is 25.3 Å². The smallest absolute Gasteiger partial charge is 0.106 e. The molecule has 0 radical (unpaired) electrons. The Morgan fingerprint density at radius 1 is 1.62 bits per heavy atom. The monoisotopic (exact) mass is 283 g/mol. The van der Waals surface area contributed by atoms with Crippen LogP contribution < -0.4 is 5.32 Å². The Morgan fingerprint density at radius 2 is 2.50 bits per heavy atom. The van der Waals surface area contributed by atoms with Gasteiger partial charge >= 0.3 is 0 Å². The SMILES string of the molecule is CN[C@@H]1CCCN(Cc2ccnc(Br)c2)C1. The van der Waals surface area contributed by atoms with Crippen LogP contribution >= 0.6 is 15.9 Å². The molecule has 1 aromatic rings. The van der Waals surface area contributed by atoms with E-state index in [9.17, 15) is 0 Å². The van der Waals surface area contributed by atoms with Gasteiger partial charge in [-0.25, -0.2) is 4.98 Å². The summed E-state index contributed by atoms with van der Waals surface area (Å²) in [5.74, 6) is 0. The van der Waals surface area contributed by atoms with Gasteiger partial charge in [-0.15, -0.1) is 0 Å². The van der Waals surface area contributed by atoms with Crippen LogP contribution in [0.3, 0.4) is 0 Å². The lowest BCUT2D eigenvalue weighted by Gasteiger charge is -2.32. The van der Waals surface area contributed by atoms with Gasteiger partial charge in [-0.05, 0) is 60.1 Å².